The molecule has 0 aliphatic heterocycles. The number of rotatable bonds is 6. The van der Waals surface area contributed by atoms with E-state index in [0.29, 0.717) is 12.5 Å². The smallest absolute Gasteiger partial charge is 0.237 e. The molecular weight excluding hydrogens is 290 g/mol. The fourth-order valence-corrected chi connectivity index (χ4v) is 3.53. The lowest BCUT2D eigenvalue weighted by atomic mass is 9.89. The number of amides is 1. The number of aliphatic hydroxyl groups excluding tert-OH is 1. The molecule has 0 saturated heterocycles. The fourth-order valence-electron chi connectivity index (χ4n) is 2.59. The summed E-state index contributed by atoms with van der Waals surface area (Å²) in [6, 6.07) is 0. The highest BCUT2D eigenvalue weighted by molar-refractivity contribution is 7.93. The summed E-state index contributed by atoms with van der Waals surface area (Å²) in [7, 11) is -3.47. The predicted molar refractivity (Wildman–Crippen MR) is 83.8 cm³/mol. The lowest BCUT2D eigenvalue weighted by molar-refractivity contribution is -0.129. The molecule has 0 spiro atoms. The Bertz CT molecular complexity index is 433. The lowest BCUT2D eigenvalue weighted by Gasteiger charge is -2.30. The van der Waals surface area contributed by atoms with Gasteiger partial charge in [0.05, 0.1) is 11.4 Å². The molecule has 0 unspecified atom stereocenters. The molecule has 0 radical (unpaired) electrons. The van der Waals surface area contributed by atoms with Crippen molar-refractivity contribution in [1.29, 1.82) is 0 Å². The number of carbonyl (C=O) groups is 1. The molecule has 0 atom stereocenters. The molecule has 1 rings (SSSR count). The van der Waals surface area contributed by atoms with Crippen molar-refractivity contribution in [2.45, 2.75) is 57.6 Å². The number of sulfone groups is 1. The van der Waals surface area contributed by atoms with Gasteiger partial charge in [-0.05, 0) is 39.5 Å². The van der Waals surface area contributed by atoms with Gasteiger partial charge in [-0.2, -0.15) is 0 Å². The van der Waals surface area contributed by atoms with Gasteiger partial charge in [0.1, 0.15) is 5.75 Å². The number of carbonyl (C=O) groups excluding carboxylic acids is 1. The summed E-state index contributed by atoms with van der Waals surface area (Å²) in [6.45, 7) is 5.47. The molecular formula is C15H29NO4S. The molecule has 1 fully saturated rings. The Kier molecular flexibility index (Phi) is 6.66. The van der Waals surface area contributed by atoms with Crippen LogP contribution >= 0.6 is 0 Å². The van der Waals surface area contributed by atoms with Crippen LogP contribution in [0.5, 0.6) is 0 Å². The van der Waals surface area contributed by atoms with E-state index in [1.54, 1.807) is 20.8 Å². The SMILES string of the molecule is CC(C)(C)S(=O)(=O)CC(=O)N(CCO)CC1CCCCC1. The molecule has 1 N–H and O–H groups in total. The summed E-state index contributed by atoms with van der Waals surface area (Å²) in [5.41, 5.74) is 0. The Labute approximate surface area is 128 Å². The Balaban J connectivity index is 2.68. The number of hydrogen-bond donors (Lipinski definition) is 1. The molecule has 1 saturated carbocycles. The highest BCUT2D eigenvalue weighted by Crippen LogP contribution is 2.25. The van der Waals surface area contributed by atoms with E-state index in [-0.39, 0.29) is 19.1 Å². The molecule has 6 heteroatoms. The Morgan fingerprint density at radius 1 is 1.19 bits per heavy atom. The first kappa shape index (κ1) is 18.4. The minimum absolute atomic E-state index is 0.131. The second-order valence-corrected chi connectivity index (χ2v) is 9.68. The first-order valence-electron chi connectivity index (χ1n) is 7.78. The van der Waals surface area contributed by atoms with Crippen LogP contribution in [0.15, 0.2) is 0 Å². The Morgan fingerprint density at radius 2 is 1.76 bits per heavy atom. The van der Waals surface area contributed by atoms with Crippen LogP contribution in [-0.2, 0) is 14.6 Å². The molecule has 1 aliphatic rings. The first-order chi connectivity index (χ1) is 9.67. The van der Waals surface area contributed by atoms with Gasteiger partial charge in [-0.25, -0.2) is 8.42 Å². The molecule has 0 heterocycles. The molecule has 1 amide bonds. The van der Waals surface area contributed by atoms with E-state index in [1.807, 2.05) is 0 Å². The van der Waals surface area contributed by atoms with Gasteiger partial charge in [-0.15, -0.1) is 0 Å². The molecule has 0 aromatic heterocycles. The second-order valence-electron chi connectivity index (χ2n) is 6.94. The van der Waals surface area contributed by atoms with Crippen molar-refractivity contribution in [2.24, 2.45) is 5.92 Å². The third kappa shape index (κ3) is 5.58. The number of hydrogen-bond acceptors (Lipinski definition) is 4. The maximum atomic E-state index is 12.3. The van der Waals surface area contributed by atoms with Gasteiger partial charge in [-0.3, -0.25) is 4.79 Å². The van der Waals surface area contributed by atoms with Crippen molar-refractivity contribution in [3.8, 4) is 0 Å². The minimum Gasteiger partial charge on any atom is -0.395 e. The van der Waals surface area contributed by atoms with E-state index in [9.17, 15) is 13.2 Å². The zero-order chi connectivity index (χ0) is 16.1. The normalized spacial score (nSPS) is 17.7. The summed E-state index contributed by atoms with van der Waals surface area (Å²) < 4.78 is 23.4. The standard InChI is InChI=1S/C15H29NO4S/c1-15(2,3)21(19,20)12-14(18)16(9-10-17)11-13-7-5-4-6-8-13/h13,17H,4-12H2,1-3H3. The second kappa shape index (κ2) is 7.58. The average Bonchev–Trinajstić information content (AvgIpc) is 2.37. The monoisotopic (exact) mass is 319 g/mol. The minimum atomic E-state index is -3.47. The van der Waals surface area contributed by atoms with Gasteiger partial charge >= 0.3 is 0 Å². The van der Waals surface area contributed by atoms with Crippen LogP contribution in [0.2, 0.25) is 0 Å². The third-order valence-corrected chi connectivity index (χ3v) is 6.67. The van der Waals surface area contributed by atoms with Crippen molar-refractivity contribution in [3.63, 3.8) is 0 Å². The maximum absolute atomic E-state index is 12.3. The molecule has 1 aliphatic carbocycles. The van der Waals surface area contributed by atoms with Crippen LogP contribution in [0.4, 0.5) is 0 Å². The number of nitrogens with zero attached hydrogens (tertiary/aromatic N) is 1. The van der Waals surface area contributed by atoms with Crippen LogP contribution in [-0.4, -0.2) is 54.5 Å². The van der Waals surface area contributed by atoms with E-state index >= 15 is 0 Å². The topological polar surface area (TPSA) is 74.7 Å². The van der Waals surface area contributed by atoms with Crippen LogP contribution in [0.3, 0.4) is 0 Å². The molecule has 0 bridgehead atoms. The molecule has 21 heavy (non-hydrogen) atoms. The van der Waals surface area contributed by atoms with Gasteiger partial charge in [0.2, 0.25) is 5.91 Å². The van der Waals surface area contributed by atoms with E-state index in [1.165, 1.54) is 24.2 Å². The molecule has 5 nitrogen and oxygen atoms in total. The quantitative estimate of drug-likeness (QED) is 0.807. The van der Waals surface area contributed by atoms with Crippen molar-refractivity contribution in [1.82, 2.24) is 4.90 Å². The zero-order valence-electron chi connectivity index (χ0n) is 13.5. The van der Waals surface area contributed by atoms with Crippen molar-refractivity contribution < 1.29 is 18.3 Å². The van der Waals surface area contributed by atoms with Crippen LogP contribution < -0.4 is 0 Å². The molecule has 0 aromatic rings. The third-order valence-electron chi connectivity index (χ3n) is 4.17. The van der Waals surface area contributed by atoms with Crippen LogP contribution in [0.25, 0.3) is 0 Å². The summed E-state index contributed by atoms with van der Waals surface area (Å²) in [4.78, 5) is 13.8. The largest absolute Gasteiger partial charge is 0.395 e. The van der Waals surface area contributed by atoms with Gasteiger partial charge in [0, 0.05) is 13.1 Å². The lowest BCUT2D eigenvalue weighted by Crippen LogP contribution is -2.44. The van der Waals surface area contributed by atoms with E-state index in [0.717, 1.165) is 12.8 Å². The van der Waals surface area contributed by atoms with Gasteiger partial charge < -0.3 is 10.0 Å². The van der Waals surface area contributed by atoms with E-state index < -0.39 is 20.3 Å². The number of aliphatic hydroxyl groups is 1. The summed E-state index contributed by atoms with van der Waals surface area (Å²) in [5.74, 6) is -0.417. The van der Waals surface area contributed by atoms with Crippen LogP contribution in [0, 0.1) is 5.92 Å². The summed E-state index contributed by atoms with van der Waals surface area (Å²) >= 11 is 0. The fraction of sp³-hybridized carbons (Fsp3) is 0.933. The predicted octanol–water partition coefficient (Wildman–Crippen LogP) is 1.60. The van der Waals surface area contributed by atoms with E-state index in [2.05, 4.69) is 0 Å². The Morgan fingerprint density at radius 3 is 2.24 bits per heavy atom. The average molecular weight is 319 g/mol. The highest BCUT2D eigenvalue weighted by Gasteiger charge is 2.33. The summed E-state index contributed by atoms with van der Waals surface area (Å²) in [6.07, 6.45) is 5.75. The highest BCUT2D eigenvalue weighted by atomic mass is 32.2. The van der Waals surface area contributed by atoms with Crippen LogP contribution in [0.1, 0.15) is 52.9 Å². The van der Waals surface area contributed by atoms with Gasteiger partial charge in [-0.1, -0.05) is 19.3 Å². The Hall–Kier alpha value is -0.620. The van der Waals surface area contributed by atoms with Gasteiger partial charge in [0.25, 0.3) is 0 Å². The van der Waals surface area contributed by atoms with Crippen molar-refractivity contribution in [2.75, 3.05) is 25.4 Å². The first-order valence-corrected chi connectivity index (χ1v) is 9.43. The van der Waals surface area contributed by atoms with E-state index in [4.69, 9.17) is 5.11 Å². The van der Waals surface area contributed by atoms with Gasteiger partial charge in [0.15, 0.2) is 9.84 Å². The molecule has 0 aromatic carbocycles. The zero-order valence-corrected chi connectivity index (χ0v) is 14.3. The molecule has 124 valence electrons. The van der Waals surface area contributed by atoms with Crippen molar-refractivity contribution in [3.05, 3.63) is 0 Å². The summed E-state index contributed by atoms with van der Waals surface area (Å²) in [5, 5.41) is 9.13. The van der Waals surface area contributed by atoms with Crippen molar-refractivity contribution >= 4 is 15.7 Å². The maximum Gasteiger partial charge on any atom is 0.237 e.